The molecule has 0 aromatic carbocycles. The van der Waals surface area contributed by atoms with Crippen LogP contribution in [0.25, 0.3) is 0 Å². The fraction of sp³-hybridized carbons (Fsp3) is 0.500. The van der Waals surface area contributed by atoms with Crippen LogP contribution in [0.5, 0.6) is 0 Å². The van der Waals surface area contributed by atoms with Crippen LogP contribution in [-0.2, 0) is 14.4 Å². The first-order chi connectivity index (χ1) is 5.45. The summed E-state index contributed by atoms with van der Waals surface area (Å²) >= 11 is 0. The highest BCUT2D eigenvalue weighted by Gasteiger charge is 2.25. The average molecular weight is 175 g/mol. The van der Waals surface area contributed by atoms with Crippen LogP contribution < -0.4 is 5.73 Å². The van der Waals surface area contributed by atoms with Crippen molar-refractivity contribution in [1.29, 1.82) is 0 Å². The number of carbonyl (C=O) groups excluding carboxylic acids is 1. The summed E-state index contributed by atoms with van der Waals surface area (Å²) < 4.78 is 0. The smallest absolute Gasteiger partial charge is 0.317 e. The number of hydrogen-bond acceptors (Lipinski definition) is 3. The summed E-state index contributed by atoms with van der Waals surface area (Å²) in [5, 5.41) is 16.6. The highest BCUT2D eigenvalue weighted by molar-refractivity contribution is 5.93. The molecule has 6 heteroatoms. The molecule has 0 aromatic heterocycles. The number of rotatable bonds is 5. The van der Waals surface area contributed by atoms with Gasteiger partial charge in [0.1, 0.15) is 0 Å². The van der Waals surface area contributed by atoms with Crippen LogP contribution in [0.3, 0.4) is 0 Å². The summed E-state index contributed by atoms with van der Waals surface area (Å²) in [6, 6.07) is 0. The van der Waals surface area contributed by atoms with Gasteiger partial charge in [-0.05, 0) is 6.42 Å². The Kier molecular flexibility index (Phi) is 3.75. The van der Waals surface area contributed by atoms with E-state index in [9.17, 15) is 14.4 Å². The Morgan fingerprint density at radius 3 is 1.83 bits per heavy atom. The molecule has 68 valence electrons. The number of carboxylic acid groups (broad SMARTS) is 2. The molecule has 4 N–H and O–H groups in total. The van der Waals surface area contributed by atoms with Crippen molar-refractivity contribution in [2.45, 2.75) is 12.8 Å². The van der Waals surface area contributed by atoms with E-state index in [-0.39, 0.29) is 12.8 Å². The number of hydrogen-bond donors (Lipinski definition) is 3. The van der Waals surface area contributed by atoms with Gasteiger partial charge in [0.25, 0.3) is 0 Å². The zero-order valence-electron chi connectivity index (χ0n) is 6.19. The second-order valence-corrected chi connectivity index (χ2v) is 2.23. The third-order valence-electron chi connectivity index (χ3n) is 1.28. The van der Waals surface area contributed by atoms with Crippen molar-refractivity contribution in [3.63, 3.8) is 0 Å². The van der Waals surface area contributed by atoms with Gasteiger partial charge in [0, 0.05) is 6.42 Å². The van der Waals surface area contributed by atoms with Crippen molar-refractivity contribution in [3.8, 4) is 0 Å². The van der Waals surface area contributed by atoms with Gasteiger partial charge in [0.15, 0.2) is 5.92 Å². The molecule has 12 heavy (non-hydrogen) atoms. The van der Waals surface area contributed by atoms with Crippen molar-refractivity contribution in [1.82, 2.24) is 0 Å². The highest BCUT2D eigenvalue weighted by Crippen LogP contribution is 2.06. The predicted molar refractivity (Wildman–Crippen MR) is 37.2 cm³/mol. The zero-order chi connectivity index (χ0) is 9.72. The molecular formula is C6H9NO5. The van der Waals surface area contributed by atoms with Crippen LogP contribution in [0.1, 0.15) is 12.8 Å². The Labute approximate surface area is 68.0 Å². The van der Waals surface area contributed by atoms with Gasteiger partial charge < -0.3 is 15.9 Å². The summed E-state index contributed by atoms with van der Waals surface area (Å²) in [6.07, 6.45) is -0.497. The van der Waals surface area contributed by atoms with Gasteiger partial charge in [-0.3, -0.25) is 14.4 Å². The first kappa shape index (κ1) is 10.4. The van der Waals surface area contributed by atoms with Crippen molar-refractivity contribution >= 4 is 17.8 Å². The van der Waals surface area contributed by atoms with Gasteiger partial charge in [0.05, 0.1) is 0 Å². The molecule has 0 unspecified atom stereocenters. The number of amides is 1. The quantitative estimate of drug-likeness (QED) is 0.465. The van der Waals surface area contributed by atoms with Crippen LogP contribution in [0, 0.1) is 5.92 Å². The molecule has 0 rings (SSSR count). The monoisotopic (exact) mass is 175 g/mol. The molecule has 0 aliphatic carbocycles. The number of aliphatic carboxylic acids is 2. The van der Waals surface area contributed by atoms with Crippen LogP contribution in [0.4, 0.5) is 0 Å². The maximum Gasteiger partial charge on any atom is 0.317 e. The molecule has 1 amide bonds. The largest absolute Gasteiger partial charge is 0.481 e. The van der Waals surface area contributed by atoms with E-state index in [2.05, 4.69) is 0 Å². The Balaban J connectivity index is 4.06. The molecule has 6 nitrogen and oxygen atoms in total. The number of carbonyl (C=O) groups is 3. The van der Waals surface area contributed by atoms with Gasteiger partial charge in [-0.2, -0.15) is 0 Å². The highest BCUT2D eigenvalue weighted by atomic mass is 16.4. The molecule has 0 radical (unpaired) electrons. The molecule has 0 saturated heterocycles. The third-order valence-corrected chi connectivity index (χ3v) is 1.28. The fourth-order valence-corrected chi connectivity index (χ4v) is 0.639. The van der Waals surface area contributed by atoms with Gasteiger partial charge in [0.2, 0.25) is 5.91 Å². The van der Waals surface area contributed by atoms with E-state index < -0.39 is 23.8 Å². The van der Waals surface area contributed by atoms with Crippen LogP contribution in [0.2, 0.25) is 0 Å². The normalized spacial score (nSPS) is 9.75. The lowest BCUT2D eigenvalue weighted by Gasteiger charge is -2.03. The third kappa shape index (κ3) is 3.55. The lowest BCUT2D eigenvalue weighted by atomic mass is 10.0. The minimum absolute atomic E-state index is 0.233. The molecule has 0 atom stereocenters. The molecule has 0 fully saturated rings. The maximum atomic E-state index is 10.2. The Hall–Kier alpha value is -1.59. The van der Waals surface area contributed by atoms with Crippen molar-refractivity contribution in [2.24, 2.45) is 11.7 Å². The molecule has 0 aromatic rings. The molecular weight excluding hydrogens is 166 g/mol. The van der Waals surface area contributed by atoms with E-state index in [0.29, 0.717) is 0 Å². The van der Waals surface area contributed by atoms with E-state index in [4.69, 9.17) is 15.9 Å². The first-order valence-electron chi connectivity index (χ1n) is 3.19. The summed E-state index contributed by atoms with van der Waals surface area (Å²) in [6.45, 7) is 0. The minimum Gasteiger partial charge on any atom is -0.481 e. The van der Waals surface area contributed by atoms with E-state index >= 15 is 0 Å². The van der Waals surface area contributed by atoms with E-state index in [1.54, 1.807) is 0 Å². The van der Waals surface area contributed by atoms with Crippen LogP contribution in [0.15, 0.2) is 0 Å². The summed E-state index contributed by atoms with van der Waals surface area (Å²) in [5.74, 6) is -5.16. The van der Waals surface area contributed by atoms with E-state index in [1.807, 2.05) is 0 Å². The predicted octanol–water partition coefficient (Wildman–Crippen LogP) is -0.963. The average Bonchev–Trinajstić information content (AvgIpc) is 1.84. The maximum absolute atomic E-state index is 10.2. The molecule has 0 aliphatic heterocycles. The van der Waals surface area contributed by atoms with Crippen molar-refractivity contribution < 1.29 is 24.6 Å². The lowest BCUT2D eigenvalue weighted by Crippen LogP contribution is -2.25. The first-order valence-corrected chi connectivity index (χ1v) is 3.19. The van der Waals surface area contributed by atoms with Crippen molar-refractivity contribution in [2.75, 3.05) is 0 Å². The van der Waals surface area contributed by atoms with Gasteiger partial charge >= 0.3 is 11.9 Å². The Morgan fingerprint density at radius 2 is 1.58 bits per heavy atom. The minimum atomic E-state index is -1.54. The fourth-order valence-electron chi connectivity index (χ4n) is 0.639. The molecule has 0 saturated carbocycles. The molecule has 0 spiro atoms. The lowest BCUT2D eigenvalue weighted by molar-refractivity contribution is -0.154. The van der Waals surface area contributed by atoms with E-state index in [1.165, 1.54) is 0 Å². The second kappa shape index (κ2) is 4.32. The summed E-state index contributed by atoms with van der Waals surface area (Å²) in [5.41, 5.74) is 4.72. The van der Waals surface area contributed by atoms with Crippen LogP contribution in [-0.4, -0.2) is 28.1 Å². The van der Waals surface area contributed by atoms with Crippen LogP contribution >= 0.6 is 0 Å². The molecule has 0 aliphatic rings. The van der Waals surface area contributed by atoms with E-state index in [0.717, 1.165) is 0 Å². The summed E-state index contributed by atoms with van der Waals surface area (Å²) in [4.78, 5) is 30.6. The van der Waals surface area contributed by atoms with Gasteiger partial charge in [-0.15, -0.1) is 0 Å². The molecule has 0 heterocycles. The standard InChI is InChI=1S/C6H9NO5/c7-4(8)2-1-3(5(9)10)6(11)12/h3H,1-2H2,(H2,7,8)(H,9,10)(H,11,12). The van der Waals surface area contributed by atoms with Gasteiger partial charge in [-0.25, -0.2) is 0 Å². The number of carboxylic acids is 2. The van der Waals surface area contributed by atoms with Crippen molar-refractivity contribution in [3.05, 3.63) is 0 Å². The second-order valence-electron chi connectivity index (χ2n) is 2.23. The molecule has 0 bridgehead atoms. The number of nitrogens with two attached hydrogens (primary N) is 1. The SMILES string of the molecule is NC(=O)CCC(C(=O)O)C(=O)O. The Morgan fingerprint density at radius 1 is 1.17 bits per heavy atom. The zero-order valence-corrected chi connectivity index (χ0v) is 6.19. The van der Waals surface area contributed by atoms with Gasteiger partial charge in [-0.1, -0.05) is 0 Å². The number of primary amides is 1. The topological polar surface area (TPSA) is 118 Å². The summed E-state index contributed by atoms with van der Waals surface area (Å²) in [7, 11) is 0. The Bertz CT molecular complexity index is 198.